The monoisotopic (exact) mass is 308 g/mol. The van der Waals surface area contributed by atoms with Crippen LogP contribution in [0, 0.1) is 0 Å². The highest BCUT2D eigenvalue weighted by molar-refractivity contribution is 6.35. The summed E-state index contributed by atoms with van der Waals surface area (Å²) in [6.07, 6.45) is 3.86. The van der Waals surface area contributed by atoms with E-state index in [1.165, 1.54) is 0 Å². The first kappa shape index (κ1) is 14.8. The third-order valence-corrected chi connectivity index (χ3v) is 3.33. The molecule has 1 aromatic heterocycles. The van der Waals surface area contributed by atoms with Crippen LogP contribution in [0.15, 0.2) is 42.7 Å². The highest BCUT2D eigenvalue weighted by Crippen LogP contribution is 2.24. The summed E-state index contributed by atoms with van der Waals surface area (Å²) in [7, 11) is 0. The van der Waals surface area contributed by atoms with Crippen LogP contribution in [-0.2, 0) is 4.79 Å². The van der Waals surface area contributed by atoms with Crippen molar-refractivity contribution in [2.75, 3.05) is 5.32 Å². The fourth-order valence-corrected chi connectivity index (χ4v) is 2.43. The van der Waals surface area contributed by atoms with E-state index < -0.39 is 0 Å². The Kier molecular flexibility index (Phi) is 4.99. The molecule has 0 aliphatic carbocycles. The number of carbonyl (C=O) groups is 1. The van der Waals surface area contributed by atoms with Crippen molar-refractivity contribution in [1.29, 1.82) is 0 Å². The summed E-state index contributed by atoms with van der Waals surface area (Å²) >= 11 is 11.8. The predicted molar refractivity (Wildman–Crippen MR) is 82.4 cm³/mol. The van der Waals surface area contributed by atoms with E-state index in [0.717, 1.165) is 5.56 Å². The first-order valence-corrected chi connectivity index (χ1v) is 6.96. The summed E-state index contributed by atoms with van der Waals surface area (Å²) in [6.45, 7) is 1.99. The smallest absolute Gasteiger partial charge is 0.224 e. The van der Waals surface area contributed by atoms with Crippen LogP contribution in [-0.4, -0.2) is 10.9 Å². The molecule has 1 aromatic carbocycles. The highest BCUT2D eigenvalue weighted by Gasteiger charge is 2.12. The second kappa shape index (κ2) is 6.73. The van der Waals surface area contributed by atoms with E-state index in [1.54, 1.807) is 30.6 Å². The Morgan fingerprint density at radius 2 is 2.00 bits per heavy atom. The number of pyridine rings is 1. The number of anilines is 1. The SMILES string of the molecule is CC(CC(=O)Nc1cc(Cl)cc(Cl)c1)c1cccnc1. The Morgan fingerprint density at radius 3 is 2.60 bits per heavy atom. The lowest BCUT2D eigenvalue weighted by molar-refractivity contribution is -0.116. The molecule has 0 aliphatic rings. The number of nitrogens with zero attached hydrogens (tertiary/aromatic N) is 1. The van der Waals surface area contributed by atoms with E-state index in [-0.39, 0.29) is 11.8 Å². The van der Waals surface area contributed by atoms with Crippen LogP contribution < -0.4 is 5.32 Å². The van der Waals surface area contributed by atoms with E-state index in [1.807, 2.05) is 19.1 Å². The van der Waals surface area contributed by atoms with Gasteiger partial charge in [0.2, 0.25) is 5.91 Å². The molecule has 2 aromatic rings. The number of hydrogen-bond donors (Lipinski definition) is 1. The van der Waals surface area contributed by atoms with E-state index in [9.17, 15) is 4.79 Å². The third-order valence-electron chi connectivity index (χ3n) is 2.89. The van der Waals surface area contributed by atoms with Crippen LogP contribution in [0.2, 0.25) is 10.0 Å². The molecule has 5 heteroatoms. The summed E-state index contributed by atoms with van der Waals surface area (Å²) in [5.41, 5.74) is 1.64. The van der Waals surface area contributed by atoms with Crippen LogP contribution in [0.1, 0.15) is 24.8 Å². The molecule has 1 atom stereocenters. The van der Waals surface area contributed by atoms with Crippen LogP contribution in [0.3, 0.4) is 0 Å². The Morgan fingerprint density at radius 1 is 1.30 bits per heavy atom. The van der Waals surface area contributed by atoms with Crippen LogP contribution in [0.4, 0.5) is 5.69 Å². The summed E-state index contributed by atoms with van der Waals surface area (Å²) in [4.78, 5) is 16.1. The predicted octanol–water partition coefficient (Wildman–Crippen LogP) is 4.52. The molecule has 1 N–H and O–H groups in total. The Balaban J connectivity index is 1.99. The minimum Gasteiger partial charge on any atom is -0.326 e. The number of aromatic nitrogens is 1. The first-order valence-electron chi connectivity index (χ1n) is 6.20. The molecule has 1 heterocycles. The Bertz CT molecular complexity index is 582. The molecule has 2 rings (SSSR count). The number of rotatable bonds is 4. The Hall–Kier alpha value is -1.58. The maximum Gasteiger partial charge on any atom is 0.224 e. The van der Waals surface area contributed by atoms with E-state index in [4.69, 9.17) is 23.2 Å². The van der Waals surface area contributed by atoms with Crippen molar-refractivity contribution < 1.29 is 4.79 Å². The molecule has 0 saturated heterocycles. The zero-order chi connectivity index (χ0) is 14.5. The van der Waals surface area contributed by atoms with Gasteiger partial charge in [0.1, 0.15) is 0 Å². The molecule has 1 amide bonds. The lowest BCUT2D eigenvalue weighted by Gasteiger charge is -2.12. The van der Waals surface area contributed by atoms with Crippen molar-refractivity contribution in [3.63, 3.8) is 0 Å². The van der Waals surface area contributed by atoms with Gasteiger partial charge in [0.25, 0.3) is 0 Å². The van der Waals surface area contributed by atoms with Gasteiger partial charge in [-0.3, -0.25) is 9.78 Å². The number of amides is 1. The standard InChI is InChI=1S/C15H14Cl2N2O/c1-10(11-3-2-4-18-9-11)5-15(20)19-14-7-12(16)6-13(17)8-14/h2-4,6-10H,5H2,1H3,(H,19,20). The van der Waals surface area contributed by atoms with Crippen molar-refractivity contribution in [2.24, 2.45) is 0 Å². The molecule has 20 heavy (non-hydrogen) atoms. The van der Waals surface area contributed by atoms with Gasteiger partial charge in [0.15, 0.2) is 0 Å². The van der Waals surface area contributed by atoms with Gasteiger partial charge in [-0.1, -0.05) is 36.2 Å². The van der Waals surface area contributed by atoms with Crippen molar-refractivity contribution in [3.8, 4) is 0 Å². The molecule has 0 bridgehead atoms. The molecular weight excluding hydrogens is 295 g/mol. The normalized spacial score (nSPS) is 11.9. The summed E-state index contributed by atoms with van der Waals surface area (Å²) in [5, 5.41) is 3.78. The van der Waals surface area contributed by atoms with E-state index >= 15 is 0 Å². The number of nitrogens with one attached hydrogen (secondary N) is 1. The average Bonchev–Trinajstić information content (AvgIpc) is 2.38. The third kappa shape index (κ3) is 4.22. The minimum absolute atomic E-state index is 0.0836. The molecular formula is C15H14Cl2N2O. The topological polar surface area (TPSA) is 42.0 Å². The Labute approximate surface area is 127 Å². The highest BCUT2D eigenvalue weighted by atomic mass is 35.5. The lowest BCUT2D eigenvalue weighted by atomic mass is 9.99. The second-order valence-electron chi connectivity index (χ2n) is 4.60. The maximum absolute atomic E-state index is 12.0. The van der Waals surface area contributed by atoms with Crippen LogP contribution in [0.25, 0.3) is 0 Å². The van der Waals surface area contributed by atoms with Gasteiger partial charge in [0, 0.05) is 34.5 Å². The molecule has 1 unspecified atom stereocenters. The van der Waals surface area contributed by atoms with Crippen molar-refractivity contribution in [2.45, 2.75) is 19.3 Å². The fraction of sp³-hybridized carbons (Fsp3) is 0.200. The molecule has 0 aliphatic heterocycles. The van der Waals surface area contributed by atoms with Gasteiger partial charge in [-0.15, -0.1) is 0 Å². The molecule has 0 radical (unpaired) electrons. The molecule has 3 nitrogen and oxygen atoms in total. The number of carbonyl (C=O) groups excluding carboxylic acids is 1. The van der Waals surface area contributed by atoms with Gasteiger partial charge in [-0.2, -0.15) is 0 Å². The largest absolute Gasteiger partial charge is 0.326 e. The first-order chi connectivity index (χ1) is 9.54. The summed E-state index contributed by atoms with van der Waals surface area (Å²) < 4.78 is 0. The summed E-state index contributed by atoms with van der Waals surface area (Å²) in [6, 6.07) is 8.78. The lowest BCUT2D eigenvalue weighted by Crippen LogP contribution is -2.14. The van der Waals surface area contributed by atoms with Crippen LogP contribution in [0.5, 0.6) is 0 Å². The van der Waals surface area contributed by atoms with Gasteiger partial charge in [0.05, 0.1) is 0 Å². The van der Waals surface area contributed by atoms with E-state index in [0.29, 0.717) is 22.2 Å². The maximum atomic E-state index is 12.0. The molecule has 104 valence electrons. The second-order valence-corrected chi connectivity index (χ2v) is 5.47. The molecule has 0 saturated carbocycles. The number of benzene rings is 1. The zero-order valence-corrected chi connectivity index (χ0v) is 12.4. The minimum atomic E-state index is -0.0836. The van der Waals surface area contributed by atoms with Crippen molar-refractivity contribution in [3.05, 3.63) is 58.3 Å². The van der Waals surface area contributed by atoms with Gasteiger partial charge >= 0.3 is 0 Å². The number of halogens is 2. The van der Waals surface area contributed by atoms with Crippen LogP contribution >= 0.6 is 23.2 Å². The quantitative estimate of drug-likeness (QED) is 0.902. The zero-order valence-electron chi connectivity index (χ0n) is 10.9. The van der Waals surface area contributed by atoms with Crippen molar-refractivity contribution >= 4 is 34.8 Å². The van der Waals surface area contributed by atoms with Crippen molar-refractivity contribution in [1.82, 2.24) is 4.98 Å². The average molecular weight is 309 g/mol. The van der Waals surface area contributed by atoms with Gasteiger partial charge in [-0.25, -0.2) is 0 Å². The summed E-state index contributed by atoms with van der Waals surface area (Å²) in [5.74, 6) is 0.0121. The molecule has 0 fully saturated rings. The van der Waals surface area contributed by atoms with Gasteiger partial charge < -0.3 is 5.32 Å². The molecule has 0 spiro atoms. The van der Waals surface area contributed by atoms with Gasteiger partial charge in [-0.05, 0) is 35.7 Å². The fourth-order valence-electron chi connectivity index (χ4n) is 1.90. The van der Waals surface area contributed by atoms with E-state index in [2.05, 4.69) is 10.3 Å². The number of hydrogen-bond acceptors (Lipinski definition) is 2.